The molecule has 0 saturated heterocycles. The number of carbonyl (C=O) groups excluding carboxylic acids is 1. The van der Waals surface area contributed by atoms with Gasteiger partial charge in [0.05, 0.1) is 11.3 Å². The van der Waals surface area contributed by atoms with Crippen LogP contribution >= 0.6 is 11.8 Å². The van der Waals surface area contributed by atoms with Crippen LogP contribution < -0.4 is 9.47 Å². The Balaban J connectivity index is 1.30. The minimum absolute atomic E-state index is 0.109. The first kappa shape index (κ1) is 21.7. The fourth-order valence-corrected chi connectivity index (χ4v) is 4.50. The highest BCUT2D eigenvalue weighted by atomic mass is 32.2. The summed E-state index contributed by atoms with van der Waals surface area (Å²) in [6.45, 7) is 0.796. The van der Waals surface area contributed by atoms with Crippen molar-refractivity contribution < 1.29 is 14.3 Å². The average Bonchev–Trinajstić information content (AvgIpc) is 3.30. The van der Waals surface area contributed by atoms with Crippen molar-refractivity contribution in [2.24, 2.45) is 4.99 Å². The molecule has 0 fully saturated rings. The van der Waals surface area contributed by atoms with Gasteiger partial charge < -0.3 is 9.47 Å². The minimum Gasteiger partial charge on any atom is -0.490 e. The summed E-state index contributed by atoms with van der Waals surface area (Å²) in [6, 6.07) is 26.8. The zero-order valence-electron chi connectivity index (χ0n) is 18.2. The van der Waals surface area contributed by atoms with Gasteiger partial charge in [0, 0.05) is 5.41 Å². The quantitative estimate of drug-likeness (QED) is 0.370. The van der Waals surface area contributed by atoms with Crippen molar-refractivity contribution in [2.75, 3.05) is 13.2 Å². The maximum absolute atomic E-state index is 12.7. The van der Waals surface area contributed by atoms with Crippen molar-refractivity contribution in [3.63, 3.8) is 0 Å². The number of rotatable bonds is 7. The molecule has 2 aliphatic rings. The van der Waals surface area contributed by atoms with Gasteiger partial charge in [-0.1, -0.05) is 72.4 Å². The van der Waals surface area contributed by atoms with Crippen LogP contribution in [0.2, 0.25) is 0 Å². The van der Waals surface area contributed by atoms with Crippen LogP contribution in [0.25, 0.3) is 11.8 Å². The molecule has 2 heterocycles. The number of ether oxygens (including phenoxy) is 2. The van der Waals surface area contributed by atoms with Crippen molar-refractivity contribution in [1.82, 2.24) is 4.90 Å². The number of fused-ring (bicyclic) bond motifs is 1. The molecule has 0 aromatic heterocycles. The van der Waals surface area contributed by atoms with Crippen molar-refractivity contribution >= 4 is 40.4 Å². The van der Waals surface area contributed by atoms with Gasteiger partial charge in [-0.25, -0.2) is 0 Å². The number of nitrogens with one attached hydrogen (secondary N) is 1. The molecule has 1 N–H and O–H groups in total. The van der Waals surface area contributed by atoms with E-state index in [1.807, 2.05) is 90.3 Å². The van der Waals surface area contributed by atoms with E-state index in [-0.39, 0.29) is 11.4 Å². The molecule has 3 aromatic rings. The third-order valence-corrected chi connectivity index (χ3v) is 6.04. The molecule has 6 nitrogen and oxygen atoms in total. The highest BCUT2D eigenvalue weighted by Gasteiger charge is 2.36. The molecule has 0 bridgehead atoms. The molecule has 2 aliphatic heterocycles. The number of thioether (sulfide) groups is 1. The first-order chi connectivity index (χ1) is 16.7. The number of nitrogens with zero attached hydrogens (tertiary/aromatic N) is 2. The number of amides is 1. The summed E-state index contributed by atoms with van der Waals surface area (Å²) < 4.78 is 11.5. The fraction of sp³-hybridized carbons (Fsp3) is 0.0741. The number of aliphatic imine (C=N–C) groups is 1. The highest BCUT2D eigenvalue weighted by Crippen LogP contribution is 2.37. The Labute approximate surface area is 201 Å². The summed E-state index contributed by atoms with van der Waals surface area (Å²) in [7, 11) is 0. The van der Waals surface area contributed by atoms with Crippen LogP contribution in [0.1, 0.15) is 11.1 Å². The molecular formula is C27H21N3O3S. The van der Waals surface area contributed by atoms with Gasteiger partial charge in [-0.05, 0) is 41.5 Å². The van der Waals surface area contributed by atoms with E-state index in [0.29, 0.717) is 24.1 Å². The standard InChI is InChI=1S/C27H21N3O3S/c28-25-23(26(31)29-27-30(25)24(18-34-27)20-9-3-1-4-10-20)17-19-8-7-13-22(16-19)33-15-14-32-21-11-5-2-6-12-21/h1-13,16-18,28H,14-15H2/b23-17-,28-25?. The van der Waals surface area contributed by atoms with E-state index in [1.54, 1.807) is 11.0 Å². The van der Waals surface area contributed by atoms with E-state index in [9.17, 15) is 4.79 Å². The molecule has 5 rings (SSSR count). The predicted octanol–water partition coefficient (Wildman–Crippen LogP) is 5.45. The Hall–Kier alpha value is -4.10. The van der Waals surface area contributed by atoms with Gasteiger partial charge in [0.2, 0.25) is 0 Å². The number of carbonyl (C=O) groups is 1. The molecular weight excluding hydrogens is 446 g/mol. The minimum atomic E-state index is -0.422. The Morgan fingerprint density at radius 1 is 0.882 bits per heavy atom. The fourth-order valence-electron chi connectivity index (χ4n) is 3.61. The normalized spacial score (nSPS) is 16.2. The van der Waals surface area contributed by atoms with E-state index in [0.717, 1.165) is 22.6 Å². The van der Waals surface area contributed by atoms with Gasteiger partial charge in [0.25, 0.3) is 5.91 Å². The zero-order chi connectivity index (χ0) is 23.3. The van der Waals surface area contributed by atoms with E-state index in [4.69, 9.17) is 14.9 Å². The summed E-state index contributed by atoms with van der Waals surface area (Å²) in [4.78, 5) is 18.7. The van der Waals surface area contributed by atoms with Gasteiger partial charge in [-0.15, -0.1) is 0 Å². The van der Waals surface area contributed by atoms with Gasteiger partial charge in [0.15, 0.2) is 5.17 Å². The van der Waals surface area contributed by atoms with Crippen molar-refractivity contribution in [2.45, 2.75) is 0 Å². The lowest BCUT2D eigenvalue weighted by Gasteiger charge is -2.26. The maximum atomic E-state index is 12.7. The summed E-state index contributed by atoms with van der Waals surface area (Å²) in [6.07, 6.45) is 1.68. The summed E-state index contributed by atoms with van der Waals surface area (Å²) in [5.41, 5.74) is 2.79. The molecule has 0 aliphatic carbocycles. The summed E-state index contributed by atoms with van der Waals surface area (Å²) >= 11 is 1.35. The van der Waals surface area contributed by atoms with Gasteiger partial charge in [-0.3, -0.25) is 15.1 Å². The third-order valence-electron chi connectivity index (χ3n) is 5.22. The average molecular weight is 468 g/mol. The lowest BCUT2D eigenvalue weighted by atomic mass is 10.1. The Kier molecular flexibility index (Phi) is 6.27. The lowest BCUT2D eigenvalue weighted by molar-refractivity contribution is -0.114. The van der Waals surface area contributed by atoms with E-state index >= 15 is 0 Å². The SMILES string of the molecule is N=C1/C(=C/c2cccc(OCCOc3ccccc3)c2)C(=O)N=C2SC=C(c3ccccc3)N12. The molecule has 0 unspecified atom stereocenters. The highest BCUT2D eigenvalue weighted by molar-refractivity contribution is 8.17. The molecule has 0 atom stereocenters. The largest absolute Gasteiger partial charge is 0.490 e. The number of para-hydroxylation sites is 1. The Bertz CT molecular complexity index is 1320. The maximum Gasteiger partial charge on any atom is 0.283 e. The molecule has 1 amide bonds. The van der Waals surface area contributed by atoms with Crippen molar-refractivity contribution in [1.29, 1.82) is 5.41 Å². The molecule has 34 heavy (non-hydrogen) atoms. The van der Waals surface area contributed by atoms with Gasteiger partial charge in [0.1, 0.15) is 30.5 Å². The van der Waals surface area contributed by atoms with Crippen LogP contribution in [-0.2, 0) is 4.79 Å². The zero-order valence-corrected chi connectivity index (χ0v) is 19.0. The summed E-state index contributed by atoms with van der Waals surface area (Å²) in [5, 5.41) is 11.2. The second-order valence-electron chi connectivity index (χ2n) is 7.51. The van der Waals surface area contributed by atoms with Crippen LogP contribution in [0.15, 0.2) is 101 Å². The van der Waals surface area contributed by atoms with Crippen molar-refractivity contribution in [3.05, 3.63) is 107 Å². The first-order valence-corrected chi connectivity index (χ1v) is 11.6. The van der Waals surface area contributed by atoms with Crippen LogP contribution in [-0.4, -0.2) is 35.0 Å². The van der Waals surface area contributed by atoms with Crippen molar-refractivity contribution in [3.8, 4) is 11.5 Å². The Morgan fingerprint density at radius 2 is 1.56 bits per heavy atom. The smallest absolute Gasteiger partial charge is 0.283 e. The molecule has 0 saturated carbocycles. The Morgan fingerprint density at radius 3 is 2.32 bits per heavy atom. The number of amidine groups is 2. The molecule has 168 valence electrons. The van der Waals surface area contributed by atoms with E-state index in [1.165, 1.54) is 11.8 Å². The van der Waals surface area contributed by atoms with E-state index in [2.05, 4.69) is 4.99 Å². The number of benzene rings is 3. The topological polar surface area (TPSA) is 75.0 Å². The van der Waals surface area contributed by atoms with Gasteiger partial charge in [-0.2, -0.15) is 4.99 Å². The second kappa shape index (κ2) is 9.80. The number of hydrogen-bond acceptors (Lipinski definition) is 5. The van der Waals surface area contributed by atoms with Crippen LogP contribution in [0.4, 0.5) is 0 Å². The van der Waals surface area contributed by atoms with Crippen LogP contribution in [0.5, 0.6) is 11.5 Å². The van der Waals surface area contributed by atoms with Crippen LogP contribution in [0, 0.1) is 5.41 Å². The molecule has 0 radical (unpaired) electrons. The molecule has 7 heteroatoms. The molecule has 0 spiro atoms. The first-order valence-electron chi connectivity index (χ1n) is 10.8. The third kappa shape index (κ3) is 4.65. The molecule has 3 aromatic carbocycles. The number of hydrogen-bond donors (Lipinski definition) is 1. The summed E-state index contributed by atoms with van der Waals surface area (Å²) in [5.74, 6) is 1.14. The van der Waals surface area contributed by atoms with Gasteiger partial charge >= 0.3 is 0 Å². The van der Waals surface area contributed by atoms with E-state index < -0.39 is 5.91 Å². The lowest BCUT2D eigenvalue weighted by Crippen LogP contribution is -2.38. The second-order valence-corrected chi connectivity index (χ2v) is 8.35. The predicted molar refractivity (Wildman–Crippen MR) is 136 cm³/mol. The van der Waals surface area contributed by atoms with Crippen LogP contribution in [0.3, 0.4) is 0 Å². The monoisotopic (exact) mass is 467 g/mol.